The minimum Gasteiger partial charge on any atom is -0.495 e. The molecule has 5 heteroatoms. The van der Waals surface area contributed by atoms with E-state index in [1.165, 1.54) is 11.4 Å². The zero-order valence-corrected chi connectivity index (χ0v) is 13.2. The van der Waals surface area contributed by atoms with Gasteiger partial charge in [0, 0.05) is 13.1 Å². The van der Waals surface area contributed by atoms with Crippen molar-refractivity contribution in [2.45, 2.75) is 17.9 Å². The summed E-state index contributed by atoms with van der Waals surface area (Å²) in [4.78, 5) is 0.179. The first kappa shape index (κ1) is 15.5. The monoisotopic (exact) mass is 305 g/mol. The van der Waals surface area contributed by atoms with Gasteiger partial charge in [0.15, 0.2) is 0 Å². The normalized spacial score (nSPS) is 13.1. The molecule has 2 rings (SSSR count). The van der Waals surface area contributed by atoms with Crippen LogP contribution in [-0.4, -0.2) is 26.9 Å². The maximum absolute atomic E-state index is 12.8. The second kappa shape index (κ2) is 6.28. The van der Waals surface area contributed by atoms with Crippen LogP contribution in [0.15, 0.2) is 59.5 Å². The number of ether oxygens (including phenoxy) is 1. The van der Waals surface area contributed by atoms with Gasteiger partial charge in [-0.2, -0.15) is 4.31 Å². The smallest absolute Gasteiger partial charge is 0.247 e. The highest BCUT2D eigenvalue weighted by Crippen LogP contribution is 2.30. The van der Waals surface area contributed by atoms with E-state index in [1.54, 1.807) is 31.3 Å². The Bertz CT molecular complexity index is 698. The number of nitrogens with zero attached hydrogens (tertiary/aromatic N) is 1. The van der Waals surface area contributed by atoms with Crippen LogP contribution in [0, 0.1) is 0 Å². The fraction of sp³-hybridized carbons (Fsp3) is 0.250. The molecular weight excluding hydrogens is 286 g/mol. The number of benzene rings is 2. The fourth-order valence-electron chi connectivity index (χ4n) is 2.14. The van der Waals surface area contributed by atoms with Crippen LogP contribution in [0.4, 0.5) is 0 Å². The van der Waals surface area contributed by atoms with E-state index in [9.17, 15) is 8.42 Å². The standard InChI is InChI=1S/C16H19NO3S/c1-13(14-9-5-4-6-10-14)17(2)21(18,19)16-12-8-7-11-15(16)20-3/h4-13H,1-3H3/t13-/m0/s1. The lowest BCUT2D eigenvalue weighted by molar-refractivity contribution is 0.382. The zero-order chi connectivity index (χ0) is 15.5. The minimum atomic E-state index is -3.62. The third kappa shape index (κ3) is 3.09. The molecule has 21 heavy (non-hydrogen) atoms. The van der Waals surface area contributed by atoms with Crippen LogP contribution in [0.2, 0.25) is 0 Å². The third-order valence-electron chi connectivity index (χ3n) is 3.55. The highest BCUT2D eigenvalue weighted by molar-refractivity contribution is 7.89. The Kier molecular flexibility index (Phi) is 4.65. The molecule has 0 amide bonds. The quantitative estimate of drug-likeness (QED) is 0.853. The Balaban J connectivity index is 2.39. The van der Waals surface area contributed by atoms with Gasteiger partial charge < -0.3 is 4.74 Å². The van der Waals surface area contributed by atoms with E-state index in [-0.39, 0.29) is 10.9 Å². The Hall–Kier alpha value is -1.85. The van der Waals surface area contributed by atoms with Gasteiger partial charge in [-0.1, -0.05) is 42.5 Å². The number of sulfonamides is 1. The minimum absolute atomic E-state index is 0.179. The second-order valence-corrected chi connectivity index (χ2v) is 6.72. The SMILES string of the molecule is COc1ccccc1S(=O)(=O)N(C)[C@@H](C)c1ccccc1. The van der Waals surface area contributed by atoms with E-state index in [2.05, 4.69) is 0 Å². The Morgan fingerprint density at radius 3 is 2.19 bits per heavy atom. The second-order valence-electron chi connectivity index (χ2n) is 4.76. The first-order chi connectivity index (χ1) is 9.98. The first-order valence-corrected chi connectivity index (χ1v) is 8.08. The summed E-state index contributed by atoms with van der Waals surface area (Å²) in [5, 5.41) is 0. The Morgan fingerprint density at radius 1 is 1.00 bits per heavy atom. The summed E-state index contributed by atoms with van der Waals surface area (Å²) in [6.45, 7) is 1.86. The number of hydrogen-bond donors (Lipinski definition) is 0. The lowest BCUT2D eigenvalue weighted by Crippen LogP contribution is -2.30. The molecule has 0 spiro atoms. The van der Waals surface area contributed by atoms with E-state index in [1.807, 2.05) is 37.3 Å². The summed E-state index contributed by atoms with van der Waals surface area (Å²) in [5.74, 6) is 0.351. The maximum Gasteiger partial charge on any atom is 0.247 e. The van der Waals surface area contributed by atoms with Crippen LogP contribution < -0.4 is 4.74 Å². The molecule has 0 unspecified atom stereocenters. The molecular formula is C16H19NO3S. The van der Waals surface area contributed by atoms with Crippen molar-refractivity contribution in [1.82, 2.24) is 4.31 Å². The summed E-state index contributed by atoms with van der Waals surface area (Å²) < 4.78 is 32.1. The molecule has 0 aliphatic carbocycles. The van der Waals surface area contributed by atoms with E-state index < -0.39 is 10.0 Å². The van der Waals surface area contributed by atoms with Gasteiger partial charge in [-0.25, -0.2) is 8.42 Å². The van der Waals surface area contributed by atoms with Crippen LogP contribution in [0.1, 0.15) is 18.5 Å². The molecule has 112 valence electrons. The molecule has 0 saturated heterocycles. The average Bonchev–Trinajstić information content (AvgIpc) is 2.54. The average molecular weight is 305 g/mol. The highest BCUT2D eigenvalue weighted by atomic mass is 32.2. The molecule has 2 aromatic rings. The zero-order valence-electron chi connectivity index (χ0n) is 12.4. The summed E-state index contributed by atoms with van der Waals surface area (Å²) in [6.07, 6.45) is 0. The van der Waals surface area contributed by atoms with E-state index in [0.29, 0.717) is 5.75 Å². The molecule has 1 atom stereocenters. The van der Waals surface area contributed by atoms with Crippen LogP contribution in [0.5, 0.6) is 5.75 Å². The van der Waals surface area contributed by atoms with E-state index in [0.717, 1.165) is 5.56 Å². The van der Waals surface area contributed by atoms with Gasteiger partial charge in [-0.3, -0.25) is 0 Å². The molecule has 0 radical (unpaired) electrons. The van der Waals surface area contributed by atoms with Crippen LogP contribution in [-0.2, 0) is 10.0 Å². The summed E-state index contributed by atoms with van der Waals surface area (Å²) in [7, 11) is -0.571. The van der Waals surface area contributed by atoms with Gasteiger partial charge in [0.05, 0.1) is 7.11 Å². The van der Waals surface area contributed by atoms with E-state index in [4.69, 9.17) is 4.74 Å². The molecule has 0 fully saturated rings. The van der Waals surface area contributed by atoms with Gasteiger partial charge in [0.25, 0.3) is 0 Å². The molecule has 0 bridgehead atoms. The van der Waals surface area contributed by atoms with E-state index >= 15 is 0 Å². The van der Waals surface area contributed by atoms with Crippen molar-refractivity contribution in [2.24, 2.45) is 0 Å². The molecule has 0 N–H and O–H groups in total. The lowest BCUT2D eigenvalue weighted by Gasteiger charge is -2.25. The van der Waals surface area contributed by atoms with Gasteiger partial charge in [0.2, 0.25) is 10.0 Å². The predicted molar refractivity (Wildman–Crippen MR) is 82.8 cm³/mol. The predicted octanol–water partition coefficient (Wildman–Crippen LogP) is 3.08. The summed E-state index contributed by atoms with van der Waals surface area (Å²) in [6, 6.07) is 15.9. The lowest BCUT2D eigenvalue weighted by atomic mass is 10.1. The van der Waals surface area contributed by atoms with Crippen molar-refractivity contribution in [2.75, 3.05) is 14.2 Å². The number of hydrogen-bond acceptors (Lipinski definition) is 3. The summed E-state index contributed by atoms with van der Waals surface area (Å²) in [5.41, 5.74) is 0.943. The van der Waals surface area contributed by atoms with Crippen molar-refractivity contribution in [3.63, 3.8) is 0 Å². The largest absolute Gasteiger partial charge is 0.495 e. The third-order valence-corrected chi connectivity index (χ3v) is 5.52. The van der Waals surface area contributed by atoms with Crippen molar-refractivity contribution < 1.29 is 13.2 Å². The molecule has 0 aliphatic rings. The van der Waals surface area contributed by atoms with Crippen molar-refractivity contribution in [3.8, 4) is 5.75 Å². The van der Waals surface area contributed by atoms with Crippen LogP contribution in [0.3, 0.4) is 0 Å². The number of methoxy groups -OCH3 is 1. The maximum atomic E-state index is 12.8. The topological polar surface area (TPSA) is 46.6 Å². The van der Waals surface area contributed by atoms with Crippen molar-refractivity contribution in [3.05, 3.63) is 60.2 Å². The van der Waals surface area contributed by atoms with Crippen LogP contribution in [0.25, 0.3) is 0 Å². The fourth-order valence-corrected chi connectivity index (χ4v) is 3.64. The molecule has 2 aromatic carbocycles. The Labute approximate surface area is 126 Å². The van der Waals surface area contributed by atoms with Gasteiger partial charge >= 0.3 is 0 Å². The van der Waals surface area contributed by atoms with Gasteiger partial charge in [-0.05, 0) is 24.6 Å². The Morgan fingerprint density at radius 2 is 1.57 bits per heavy atom. The first-order valence-electron chi connectivity index (χ1n) is 6.64. The number of rotatable bonds is 5. The molecule has 0 aliphatic heterocycles. The molecule has 4 nitrogen and oxygen atoms in total. The number of para-hydroxylation sites is 1. The van der Waals surface area contributed by atoms with Crippen LogP contribution >= 0.6 is 0 Å². The summed E-state index contributed by atoms with van der Waals surface area (Å²) >= 11 is 0. The highest BCUT2D eigenvalue weighted by Gasteiger charge is 2.28. The van der Waals surface area contributed by atoms with Gasteiger partial charge in [-0.15, -0.1) is 0 Å². The van der Waals surface area contributed by atoms with Gasteiger partial charge in [0.1, 0.15) is 10.6 Å². The molecule has 0 aromatic heterocycles. The molecule has 0 heterocycles. The van der Waals surface area contributed by atoms with Crippen molar-refractivity contribution >= 4 is 10.0 Å². The van der Waals surface area contributed by atoms with Crippen molar-refractivity contribution in [1.29, 1.82) is 0 Å². The molecule has 0 saturated carbocycles.